The number of hydrogen-bond donors (Lipinski definition) is 2. The second-order valence-electron chi connectivity index (χ2n) is 7.50. The first-order valence-electron chi connectivity index (χ1n) is 10.3. The predicted octanol–water partition coefficient (Wildman–Crippen LogP) is 3.34. The molecule has 0 saturated carbocycles. The molecule has 164 valence electrons. The van der Waals surface area contributed by atoms with Crippen molar-refractivity contribution in [2.75, 3.05) is 6.54 Å². The summed E-state index contributed by atoms with van der Waals surface area (Å²) in [4.78, 5) is 43.6. The summed E-state index contributed by atoms with van der Waals surface area (Å²) in [7, 11) is 0. The van der Waals surface area contributed by atoms with Crippen LogP contribution in [-0.4, -0.2) is 32.0 Å². The van der Waals surface area contributed by atoms with Gasteiger partial charge in [0.25, 0.3) is 11.5 Å². The molecule has 2 N–H and O–H groups in total. The molecule has 2 aromatic heterocycles. The third-order valence-electron chi connectivity index (χ3n) is 5.29. The van der Waals surface area contributed by atoms with Crippen molar-refractivity contribution in [3.63, 3.8) is 0 Å². The molecular formula is C24H23N3O5. The molecule has 1 amide bonds. The maximum atomic E-state index is 13.6. The first kappa shape index (κ1) is 21.2. The van der Waals surface area contributed by atoms with E-state index in [1.807, 2.05) is 6.92 Å². The first-order chi connectivity index (χ1) is 15.4. The number of nitrogens with one attached hydrogen (secondary N) is 1. The van der Waals surface area contributed by atoms with Crippen LogP contribution in [0.1, 0.15) is 35.0 Å². The molecule has 0 aliphatic rings. The Morgan fingerprint density at radius 2 is 1.78 bits per heavy atom. The molecule has 2 aromatic carbocycles. The van der Waals surface area contributed by atoms with Crippen LogP contribution in [0.3, 0.4) is 0 Å². The van der Waals surface area contributed by atoms with E-state index in [9.17, 15) is 19.5 Å². The summed E-state index contributed by atoms with van der Waals surface area (Å²) < 4.78 is 6.60. The first-order valence-corrected chi connectivity index (χ1v) is 10.3. The lowest BCUT2D eigenvalue weighted by molar-refractivity contribution is 0.0742. The highest BCUT2D eigenvalue weighted by Gasteiger charge is 2.27. The number of para-hydroxylation sites is 2. The fourth-order valence-corrected chi connectivity index (χ4v) is 3.79. The van der Waals surface area contributed by atoms with Gasteiger partial charge in [0.1, 0.15) is 16.9 Å². The number of phenols is 1. The van der Waals surface area contributed by atoms with Crippen LogP contribution < -0.4 is 11.2 Å². The van der Waals surface area contributed by atoms with Gasteiger partial charge in [-0.15, -0.1) is 0 Å². The van der Waals surface area contributed by atoms with E-state index in [2.05, 4.69) is 4.98 Å². The molecule has 0 unspecified atom stereocenters. The molecule has 0 aliphatic heterocycles. The number of hydrogen-bond acceptors (Lipinski definition) is 5. The lowest BCUT2D eigenvalue weighted by Crippen LogP contribution is -2.35. The van der Waals surface area contributed by atoms with Crippen molar-refractivity contribution >= 4 is 17.0 Å². The van der Waals surface area contributed by atoms with E-state index in [4.69, 9.17) is 4.42 Å². The average molecular weight is 433 g/mol. The summed E-state index contributed by atoms with van der Waals surface area (Å²) in [6, 6.07) is 15.3. The van der Waals surface area contributed by atoms with Crippen LogP contribution in [0.15, 0.2) is 68.6 Å². The van der Waals surface area contributed by atoms with Crippen LogP contribution in [0, 0.1) is 6.92 Å². The highest BCUT2D eigenvalue weighted by Crippen LogP contribution is 2.25. The van der Waals surface area contributed by atoms with E-state index < -0.39 is 17.2 Å². The Morgan fingerprint density at radius 1 is 1.09 bits per heavy atom. The lowest BCUT2D eigenvalue weighted by Gasteiger charge is -2.22. The molecule has 0 saturated heterocycles. The largest absolute Gasteiger partial charge is 0.508 e. The van der Waals surface area contributed by atoms with Crippen molar-refractivity contribution in [1.82, 2.24) is 14.5 Å². The van der Waals surface area contributed by atoms with Gasteiger partial charge < -0.3 is 14.4 Å². The minimum absolute atomic E-state index is 0.0225. The normalized spacial score (nSPS) is 11.1. The summed E-state index contributed by atoms with van der Waals surface area (Å²) in [6.07, 6.45) is 0.680. The van der Waals surface area contributed by atoms with Crippen molar-refractivity contribution in [3.8, 4) is 11.4 Å². The second-order valence-corrected chi connectivity index (χ2v) is 7.50. The number of benzene rings is 2. The predicted molar refractivity (Wildman–Crippen MR) is 120 cm³/mol. The molecule has 0 radical (unpaired) electrons. The van der Waals surface area contributed by atoms with Crippen molar-refractivity contribution < 1.29 is 14.3 Å². The maximum Gasteiger partial charge on any atom is 0.335 e. The maximum absolute atomic E-state index is 13.6. The summed E-state index contributed by atoms with van der Waals surface area (Å²) >= 11 is 0. The number of rotatable bonds is 6. The van der Waals surface area contributed by atoms with Crippen molar-refractivity contribution in [1.29, 1.82) is 0 Å². The number of aromatic hydroxyl groups is 1. The van der Waals surface area contributed by atoms with Gasteiger partial charge in [0.05, 0.1) is 11.3 Å². The van der Waals surface area contributed by atoms with Gasteiger partial charge in [-0.2, -0.15) is 0 Å². The zero-order valence-electron chi connectivity index (χ0n) is 17.8. The van der Waals surface area contributed by atoms with Crippen LogP contribution in [0.25, 0.3) is 16.8 Å². The molecule has 8 heteroatoms. The molecular weight excluding hydrogens is 410 g/mol. The smallest absolute Gasteiger partial charge is 0.335 e. The number of fused-ring (bicyclic) bond motifs is 1. The number of aromatic amines is 1. The Balaban J connectivity index is 1.86. The average Bonchev–Trinajstić information content (AvgIpc) is 3.11. The molecule has 0 atom stereocenters. The third kappa shape index (κ3) is 3.71. The molecule has 0 spiro atoms. The lowest BCUT2D eigenvalue weighted by atomic mass is 10.1. The Bertz CT molecular complexity index is 1400. The molecule has 0 fully saturated rings. The molecule has 4 aromatic rings. The number of aryl methyl sites for hydroxylation is 1. The van der Waals surface area contributed by atoms with Gasteiger partial charge in [-0.25, -0.2) is 9.36 Å². The fraction of sp³-hybridized carbons (Fsp3) is 0.208. The van der Waals surface area contributed by atoms with Gasteiger partial charge >= 0.3 is 5.69 Å². The van der Waals surface area contributed by atoms with Crippen LogP contribution in [0.5, 0.6) is 5.75 Å². The zero-order valence-corrected chi connectivity index (χ0v) is 17.8. The van der Waals surface area contributed by atoms with Gasteiger partial charge in [-0.05, 0) is 31.5 Å². The monoisotopic (exact) mass is 433 g/mol. The molecule has 2 heterocycles. The van der Waals surface area contributed by atoms with Crippen LogP contribution in [0.4, 0.5) is 0 Å². The molecule has 4 rings (SSSR count). The van der Waals surface area contributed by atoms with Gasteiger partial charge in [0.2, 0.25) is 5.71 Å². The van der Waals surface area contributed by atoms with Crippen molar-refractivity contribution in [3.05, 3.63) is 92.3 Å². The molecule has 0 aliphatic carbocycles. The Hall–Kier alpha value is -4.07. The summed E-state index contributed by atoms with van der Waals surface area (Å²) in [6.45, 7) is 4.10. The summed E-state index contributed by atoms with van der Waals surface area (Å²) in [5, 5.41) is 10.2. The number of phenolic OH excluding ortho intramolecular Hbond substituents is 1. The number of furan rings is 1. The zero-order chi connectivity index (χ0) is 22.8. The van der Waals surface area contributed by atoms with E-state index in [1.54, 1.807) is 66.4 Å². The minimum atomic E-state index is -0.652. The number of carbonyl (C=O) groups is 1. The highest BCUT2D eigenvalue weighted by atomic mass is 16.3. The van der Waals surface area contributed by atoms with E-state index in [1.165, 1.54) is 0 Å². The van der Waals surface area contributed by atoms with Gasteiger partial charge in [0, 0.05) is 18.7 Å². The van der Waals surface area contributed by atoms with Gasteiger partial charge in [0.15, 0.2) is 0 Å². The Morgan fingerprint density at radius 3 is 2.47 bits per heavy atom. The fourth-order valence-electron chi connectivity index (χ4n) is 3.79. The number of H-pyrrole nitrogens is 1. The Labute approximate surface area is 183 Å². The minimum Gasteiger partial charge on any atom is -0.508 e. The van der Waals surface area contributed by atoms with Crippen LogP contribution >= 0.6 is 0 Å². The second kappa shape index (κ2) is 8.58. The summed E-state index contributed by atoms with van der Waals surface area (Å²) in [5.41, 5.74) is -0.232. The number of carbonyl (C=O) groups excluding carboxylic acids is 1. The summed E-state index contributed by atoms with van der Waals surface area (Å²) in [5.74, 6) is -0.0806. The van der Waals surface area contributed by atoms with Gasteiger partial charge in [-0.3, -0.25) is 14.6 Å². The standard InChI is InChI=1S/C24H23N3O5/c1-3-13-26(14-16-9-7-8-12-18(16)28)22(29)19-15(2)32-21-20(19)23(30)27(24(31)25-21)17-10-5-4-6-11-17/h4-12,28H,3,13-14H2,1-2H3,(H,25,31). The van der Waals surface area contributed by atoms with Crippen molar-refractivity contribution in [2.24, 2.45) is 0 Å². The highest BCUT2D eigenvalue weighted by molar-refractivity contribution is 6.06. The van der Waals surface area contributed by atoms with Crippen LogP contribution in [-0.2, 0) is 6.54 Å². The molecule has 32 heavy (non-hydrogen) atoms. The number of amides is 1. The quantitative estimate of drug-likeness (QED) is 0.485. The number of aromatic nitrogens is 2. The van der Waals surface area contributed by atoms with Crippen molar-refractivity contribution in [2.45, 2.75) is 26.8 Å². The van der Waals surface area contributed by atoms with Gasteiger partial charge in [-0.1, -0.05) is 43.3 Å². The third-order valence-corrected chi connectivity index (χ3v) is 5.29. The van der Waals surface area contributed by atoms with E-state index in [0.717, 1.165) is 4.57 Å². The Kier molecular flexibility index (Phi) is 5.68. The van der Waals surface area contributed by atoms with E-state index in [0.29, 0.717) is 24.2 Å². The van der Waals surface area contributed by atoms with Crippen LogP contribution in [0.2, 0.25) is 0 Å². The molecule has 0 bridgehead atoms. The molecule has 8 nitrogen and oxygen atoms in total. The van der Waals surface area contributed by atoms with E-state index >= 15 is 0 Å². The SMILES string of the molecule is CCCN(Cc1ccccc1O)C(=O)c1c(C)oc2[nH]c(=O)n(-c3ccccc3)c(=O)c12. The topological polar surface area (TPSA) is 109 Å². The van der Waals surface area contributed by atoms with E-state index in [-0.39, 0.29) is 34.7 Å². The number of nitrogens with zero attached hydrogens (tertiary/aromatic N) is 2.